The predicted octanol–water partition coefficient (Wildman–Crippen LogP) is 5.60. The molecule has 0 saturated heterocycles. The van der Waals surface area contributed by atoms with Gasteiger partial charge in [0, 0.05) is 6.61 Å². The maximum absolute atomic E-state index is 12.3. The molecule has 0 aliphatic carbocycles. The molecule has 0 radical (unpaired) electrons. The molecule has 5 heteroatoms. The summed E-state index contributed by atoms with van der Waals surface area (Å²) in [5.41, 5.74) is 1.69. The van der Waals surface area contributed by atoms with Gasteiger partial charge in [-0.2, -0.15) is 0 Å². The van der Waals surface area contributed by atoms with E-state index in [1.165, 1.54) is 5.56 Å². The average molecular weight is 421 g/mol. The van der Waals surface area contributed by atoms with Crippen LogP contribution in [0.2, 0.25) is 0 Å². The minimum absolute atomic E-state index is 0.400. The van der Waals surface area contributed by atoms with Gasteiger partial charge in [-0.25, -0.2) is 4.79 Å². The van der Waals surface area contributed by atoms with Crippen LogP contribution < -0.4 is 9.47 Å². The Morgan fingerprint density at radius 3 is 2.42 bits per heavy atom. The Morgan fingerprint density at radius 2 is 1.81 bits per heavy atom. The van der Waals surface area contributed by atoms with Gasteiger partial charge in [0.2, 0.25) is 0 Å². The fourth-order valence-corrected chi connectivity index (χ4v) is 2.83. The Hall–Kier alpha value is -1.85. The molecule has 1 atom stereocenters. The van der Waals surface area contributed by atoms with Crippen molar-refractivity contribution in [2.75, 3.05) is 19.8 Å². The lowest BCUT2D eigenvalue weighted by Crippen LogP contribution is -2.09. The molecular formula is C21H25BrO4. The topological polar surface area (TPSA) is 44.8 Å². The third kappa shape index (κ3) is 5.85. The van der Waals surface area contributed by atoms with Gasteiger partial charge in [0.25, 0.3) is 0 Å². The molecule has 1 unspecified atom stereocenters. The van der Waals surface area contributed by atoms with E-state index >= 15 is 0 Å². The van der Waals surface area contributed by atoms with E-state index in [2.05, 4.69) is 29.8 Å². The molecule has 140 valence electrons. The number of rotatable bonds is 9. The van der Waals surface area contributed by atoms with Crippen molar-refractivity contribution in [2.24, 2.45) is 0 Å². The number of benzene rings is 2. The fourth-order valence-electron chi connectivity index (χ4n) is 2.35. The Labute approximate surface area is 163 Å². The summed E-state index contributed by atoms with van der Waals surface area (Å²) in [7, 11) is 0. The monoisotopic (exact) mass is 420 g/mol. The molecule has 0 aromatic heterocycles. The lowest BCUT2D eigenvalue weighted by atomic mass is 9.99. The summed E-state index contributed by atoms with van der Waals surface area (Å²) in [4.78, 5) is 12.3. The van der Waals surface area contributed by atoms with E-state index in [1.54, 1.807) is 24.3 Å². The van der Waals surface area contributed by atoms with Gasteiger partial charge in [-0.15, -0.1) is 0 Å². The Bertz CT molecular complexity index is 712. The molecule has 0 aliphatic heterocycles. The average Bonchev–Trinajstić information content (AvgIpc) is 2.66. The van der Waals surface area contributed by atoms with Crippen molar-refractivity contribution < 1.29 is 19.0 Å². The number of hydrogen-bond acceptors (Lipinski definition) is 4. The number of esters is 1. The number of carbonyl (C=O) groups is 1. The van der Waals surface area contributed by atoms with Gasteiger partial charge in [-0.05, 0) is 77.2 Å². The normalized spacial score (nSPS) is 11.8. The van der Waals surface area contributed by atoms with Gasteiger partial charge in [-0.1, -0.05) is 19.9 Å². The molecule has 2 rings (SSSR count). The van der Waals surface area contributed by atoms with E-state index in [1.807, 2.05) is 25.1 Å². The summed E-state index contributed by atoms with van der Waals surface area (Å²) in [6.45, 7) is 7.95. The molecule has 0 fully saturated rings. The smallest absolute Gasteiger partial charge is 0.343 e. The Morgan fingerprint density at radius 1 is 1.08 bits per heavy atom. The van der Waals surface area contributed by atoms with Crippen LogP contribution in [0.5, 0.6) is 11.5 Å². The summed E-state index contributed by atoms with van der Waals surface area (Å²) in [6, 6.07) is 12.7. The van der Waals surface area contributed by atoms with Crippen LogP contribution in [-0.2, 0) is 4.74 Å². The second-order valence-electron chi connectivity index (χ2n) is 5.96. The Kier molecular flexibility index (Phi) is 8.13. The molecular weight excluding hydrogens is 396 g/mol. The minimum atomic E-state index is -0.400. The SMILES string of the molecule is CCOCCOc1ccc(C(=O)Oc2ccc(C(C)CC)cc2Br)cc1. The van der Waals surface area contributed by atoms with Gasteiger partial charge < -0.3 is 14.2 Å². The fraction of sp³-hybridized carbons (Fsp3) is 0.381. The van der Waals surface area contributed by atoms with Gasteiger partial charge >= 0.3 is 5.97 Å². The van der Waals surface area contributed by atoms with Crippen LogP contribution in [0.4, 0.5) is 0 Å². The maximum atomic E-state index is 12.3. The van der Waals surface area contributed by atoms with Crippen molar-refractivity contribution in [3.05, 3.63) is 58.1 Å². The number of carbonyl (C=O) groups excluding carboxylic acids is 1. The molecule has 0 heterocycles. The molecule has 4 nitrogen and oxygen atoms in total. The quantitative estimate of drug-likeness (QED) is 0.301. The summed E-state index contributed by atoms with van der Waals surface area (Å²) in [6.07, 6.45) is 1.06. The van der Waals surface area contributed by atoms with E-state index in [0.29, 0.717) is 42.8 Å². The summed E-state index contributed by atoms with van der Waals surface area (Å²) >= 11 is 3.49. The maximum Gasteiger partial charge on any atom is 0.343 e. The molecule has 2 aromatic carbocycles. The first-order valence-corrected chi connectivity index (χ1v) is 9.66. The van der Waals surface area contributed by atoms with Crippen LogP contribution in [-0.4, -0.2) is 25.8 Å². The minimum Gasteiger partial charge on any atom is -0.491 e. The zero-order chi connectivity index (χ0) is 18.9. The van der Waals surface area contributed by atoms with Crippen molar-refractivity contribution in [1.82, 2.24) is 0 Å². The van der Waals surface area contributed by atoms with Gasteiger partial charge in [0.1, 0.15) is 18.1 Å². The summed E-state index contributed by atoms with van der Waals surface area (Å²) in [5, 5.41) is 0. The summed E-state index contributed by atoms with van der Waals surface area (Å²) < 4.78 is 17.0. The van der Waals surface area contributed by atoms with Crippen LogP contribution in [0.15, 0.2) is 46.9 Å². The van der Waals surface area contributed by atoms with Crippen molar-refractivity contribution in [3.8, 4) is 11.5 Å². The first-order chi connectivity index (χ1) is 12.5. The van der Waals surface area contributed by atoms with Crippen LogP contribution in [0.3, 0.4) is 0 Å². The van der Waals surface area contributed by atoms with Crippen molar-refractivity contribution in [3.63, 3.8) is 0 Å². The second kappa shape index (κ2) is 10.3. The summed E-state index contributed by atoms with van der Waals surface area (Å²) in [5.74, 6) is 1.27. The first kappa shape index (κ1) is 20.5. The molecule has 0 spiro atoms. The highest BCUT2D eigenvalue weighted by Crippen LogP contribution is 2.30. The molecule has 0 bridgehead atoms. The van der Waals surface area contributed by atoms with Gasteiger partial charge in [0.15, 0.2) is 0 Å². The van der Waals surface area contributed by atoms with Crippen LogP contribution in [0.25, 0.3) is 0 Å². The zero-order valence-electron chi connectivity index (χ0n) is 15.5. The molecule has 26 heavy (non-hydrogen) atoms. The lowest BCUT2D eigenvalue weighted by molar-refractivity contribution is 0.0733. The standard InChI is InChI=1S/C21H25BrO4/c1-4-15(3)17-8-11-20(19(22)14-17)26-21(23)16-6-9-18(10-7-16)25-13-12-24-5-2/h6-11,14-15H,4-5,12-13H2,1-3H3. The highest BCUT2D eigenvalue weighted by atomic mass is 79.9. The van der Waals surface area contributed by atoms with E-state index < -0.39 is 5.97 Å². The molecule has 0 N–H and O–H groups in total. The van der Waals surface area contributed by atoms with Gasteiger partial charge in [-0.3, -0.25) is 0 Å². The van der Waals surface area contributed by atoms with Crippen LogP contribution in [0.1, 0.15) is 49.0 Å². The third-order valence-corrected chi connectivity index (χ3v) is 4.75. The van der Waals surface area contributed by atoms with E-state index in [-0.39, 0.29) is 0 Å². The third-order valence-electron chi connectivity index (χ3n) is 4.13. The lowest BCUT2D eigenvalue weighted by Gasteiger charge is -2.12. The van der Waals surface area contributed by atoms with Crippen LogP contribution in [0, 0.1) is 0 Å². The largest absolute Gasteiger partial charge is 0.491 e. The number of hydrogen-bond donors (Lipinski definition) is 0. The predicted molar refractivity (Wildman–Crippen MR) is 106 cm³/mol. The zero-order valence-corrected chi connectivity index (χ0v) is 17.0. The Balaban J connectivity index is 1.97. The van der Waals surface area contributed by atoms with E-state index in [0.717, 1.165) is 10.9 Å². The second-order valence-corrected chi connectivity index (χ2v) is 6.81. The van der Waals surface area contributed by atoms with Gasteiger partial charge in [0.05, 0.1) is 16.6 Å². The van der Waals surface area contributed by atoms with Crippen LogP contribution >= 0.6 is 15.9 Å². The highest BCUT2D eigenvalue weighted by Gasteiger charge is 2.13. The number of halogens is 1. The highest BCUT2D eigenvalue weighted by molar-refractivity contribution is 9.10. The van der Waals surface area contributed by atoms with Crippen molar-refractivity contribution in [1.29, 1.82) is 0 Å². The van der Waals surface area contributed by atoms with Crippen molar-refractivity contribution >= 4 is 21.9 Å². The number of ether oxygens (including phenoxy) is 3. The molecule has 0 saturated carbocycles. The van der Waals surface area contributed by atoms with E-state index in [4.69, 9.17) is 14.2 Å². The van der Waals surface area contributed by atoms with E-state index in [9.17, 15) is 4.79 Å². The van der Waals surface area contributed by atoms with Crippen molar-refractivity contribution in [2.45, 2.75) is 33.1 Å². The first-order valence-electron chi connectivity index (χ1n) is 8.87. The molecule has 0 amide bonds. The molecule has 0 aliphatic rings. The molecule has 2 aromatic rings.